The van der Waals surface area contributed by atoms with E-state index in [1.165, 1.54) is 0 Å². The zero-order valence-corrected chi connectivity index (χ0v) is 6.13. The second kappa shape index (κ2) is 2.79. The molecule has 0 aliphatic rings. The average Bonchev–Trinajstić information content (AvgIpc) is 1.56. The molecule has 0 saturated carbocycles. The van der Waals surface area contributed by atoms with Crippen molar-refractivity contribution in [2.45, 2.75) is 32.1 Å². The summed E-state index contributed by atoms with van der Waals surface area (Å²) in [6, 6.07) is 0. The first-order valence-corrected chi connectivity index (χ1v) is 2.92. The van der Waals surface area contributed by atoms with Gasteiger partial charge in [-0.05, 0) is 6.92 Å². The predicted octanol–water partition coefficient (Wildman–Crippen LogP) is 2.26. The molecule has 0 aliphatic carbocycles. The van der Waals surface area contributed by atoms with Gasteiger partial charge in [0, 0.05) is 6.92 Å². The zero-order chi connectivity index (χ0) is 9.28. The Hall–Kier alpha value is -0.610. The lowest BCUT2D eigenvalue weighted by atomic mass is 10.1. The van der Waals surface area contributed by atoms with Crippen LogP contribution in [0.5, 0.6) is 0 Å². The van der Waals surface area contributed by atoms with Gasteiger partial charge in [-0.3, -0.25) is 4.79 Å². The van der Waals surface area contributed by atoms with E-state index in [4.69, 9.17) is 0 Å². The Kier molecular flexibility index (Phi) is 2.64. The maximum atomic E-state index is 12.2. The third kappa shape index (κ3) is 3.95. The summed E-state index contributed by atoms with van der Waals surface area (Å²) in [6.07, 6.45) is -1.71. The summed E-state index contributed by atoms with van der Waals surface area (Å²) in [5.74, 6) is -8.94. The summed E-state index contributed by atoms with van der Waals surface area (Å²) in [4.78, 5) is 10.1. The molecule has 5 heteroatoms. The molecule has 0 atom stereocenters. The lowest BCUT2D eigenvalue weighted by Crippen LogP contribution is -2.32. The van der Waals surface area contributed by atoms with Crippen molar-refractivity contribution in [3.05, 3.63) is 0 Å². The SMILES string of the molecule is CC(=O)C(F)(F)CC(C)(F)F. The molecule has 0 heterocycles. The highest BCUT2D eigenvalue weighted by molar-refractivity contribution is 5.83. The van der Waals surface area contributed by atoms with E-state index >= 15 is 0 Å². The molecule has 66 valence electrons. The fourth-order valence-corrected chi connectivity index (χ4v) is 0.514. The topological polar surface area (TPSA) is 17.1 Å². The van der Waals surface area contributed by atoms with Crippen LogP contribution >= 0.6 is 0 Å². The molecule has 0 aromatic rings. The van der Waals surface area contributed by atoms with Gasteiger partial charge in [-0.1, -0.05) is 0 Å². The summed E-state index contributed by atoms with van der Waals surface area (Å²) >= 11 is 0. The van der Waals surface area contributed by atoms with Crippen LogP contribution in [-0.4, -0.2) is 17.6 Å². The molecular weight excluding hydrogens is 164 g/mol. The molecule has 0 spiro atoms. The van der Waals surface area contributed by atoms with Crippen LogP contribution < -0.4 is 0 Å². The van der Waals surface area contributed by atoms with Crippen LogP contribution in [0.2, 0.25) is 0 Å². The van der Waals surface area contributed by atoms with Crippen LogP contribution in [0, 0.1) is 0 Å². The van der Waals surface area contributed by atoms with E-state index in [0.717, 1.165) is 0 Å². The minimum absolute atomic E-state index is 0.351. The van der Waals surface area contributed by atoms with E-state index in [-0.39, 0.29) is 0 Å². The molecule has 0 radical (unpaired) electrons. The number of halogens is 4. The minimum atomic E-state index is -3.90. The number of carbonyl (C=O) groups excluding carboxylic acids is 1. The maximum absolute atomic E-state index is 12.2. The Morgan fingerprint density at radius 3 is 1.73 bits per heavy atom. The lowest BCUT2D eigenvalue weighted by Gasteiger charge is -2.16. The van der Waals surface area contributed by atoms with Crippen molar-refractivity contribution >= 4 is 5.78 Å². The Morgan fingerprint density at radius 1 is 1.27 bits per heavy atom. The summed E-state index contributed by atoms with van der Waals surface area (Å²) in [7, 11) is 0. The molecule has 0 amide bonds. The predicted molar refractivity (Wildman–Crippen MR) is 30.9 cm³/mol. The number of Topliss-reactive ketones (excluding diaryl/α,β-unsaturated/α-hetero) is 1. The van der Waals surface area contributed by atoms with E-state index in [9.17, 15) is 22.4 Å². The zero-order valence-electron chi connectivity index (χ0n) is 6.13. The van der Waals surface area contributed by atoms with Crippen molar-refractivity contribution in [3.8, 4) is 0 Å². The molecule has 0 bridgehead atoms. The van der Waals surface area contributed by atoms with Crippen molar-refractivity contribution < 1.29 is 22.4 Å². The second-order valence-electron chi connectivity index (χ2n) is 2.51. The van der Waals surface area contributed by atoms with Crippen LogP contribution in [0.1, 0.15) is 20.3 Å². The van der Waals surface area contributed by atoms with Gasteiger partial charge >= 0.3 is 5.92 Å². The standard InChI is InChI=1S/C6H8F4O/c1-4(11)6(9,10)3-5(2,7)8/h3H2,1-2H3. The summed E-state index contributed by atoms with van der Waals surface area (Å²) in [5.41, 5.74) is 0. The molecule has 0 saturated heterocycles. The molecule has 0 N–H and O–H groups in total. The quantitative estimate of drug-likeness (QED) is 0.596. The molecule has 1 nitrogen and oxygen atoms in total. The van der Waals surface area contributed by atoms with Gasteiger partial charge in [0.1, 0.15) is 0 Å². The monoisotopic (exact) mass is 172 g/mol. The molecule has 0 unspecified atom stereocenters. The van der Waals surface area contributed by atoms with Crippen molar-refractivity contribution in [3.63, 3.8) is 0 Å². The van der Waals surface area contributed by atoms with Crippen LogP contribution in [0.15, 0.2) is 0 Å². The first-order valence-electron chi connectivity index (χ1n) is 2.92. The number of ketones is 1. The van der Waals surface area contributed by atoms with E-state index in [1.807, 2.05) is 0 Å². The average molecular weight is 172 g/mol. The lowest BCUT2D eigenvalue weighted by molar-refractivity contribution is -0.153. The van der Waals surface area contributed by atoms with E-state index in [2.05, 4.69) is 0 Å². The van der Waals surface area contributed by atoms with Gasteiger partial charge in [0.15, 0.2) is 5.78 Å². The van der Waals surface area contributed by atoms with E-state index in [1.54, 1.807) is 0 Å². The third-order valence-electron chi connectivity index (χ3n) is 1.05. The largest absolute Gasteiger partial charge is 0.310 e. The van der Waals surface area contributed by atoms with Gasteiger partial charge < -0.3 is 0 Å². The Balaban J connectivity index is 4.25. The first kappa shape index (κ1) is 10.4. The van der Waals surface area contributed by atoms with Gasteiger partial charge in [-0.2, -0.15) is 8.78 Å². The number of carbonyl (C=O) groups is 1. The Bertz CT molecular complexity index is 158. The van der Waals surface area contributed by atoms with E-state index < -0.39 is 24.0 Å². The van der Waals surface area contributed by atoms with Crippen molar-refractivity contribution in [1.29, 1.82) is 0 Å². The summed E-state index contributed by atoms with van der Waals surface area (Å²) in [5, 5.41) is 0. The highest BCUT2D eigenvalue weighted by Crippen LogP contribution is 2.30. The third-order valence-corrected chi connectivity index (χ3v) is 1.05. The Labute approximate surface area is 61.4 Å². The minimum Gasteiger partial charge on any atom is -0.293 e. The first-order chi connectivity index (χ1) is 4.65. The molecule has 11 heavy (non-hydrogen) atoms. The van der Waals surface area contributed by atoms with Gasteiger partial charge in [-0.15, -0.1) is 0 Å². The van der Waals surface area contributed by atoms with Gasteiger partial charge in [0.25, 0.3) is 5.92 Å². The van der Waals surface area contributed by atoms with Gasteiger partial charge in [-0.25, -0.2) is 8.78 Å². The van der Waals surface area contributed by atoms with Crippen LogP contribution in [0.3, 0.4) is 0 Å². The molecule has 0 aromatic carbocycles. The highest BCUT2D eigenvalue weighted by Gasteiger charge is 2.43. The number of alkyl halides is 4. The van der Waals surface area contributed by atoms with Crippen LogP contribution in [0.25, 0.3) is 0 Å². The van der Waals surface area contributed by atoms with E-state index in [0.29, 0.717) is 13.8 Å². The van der Waals surface area contributed by atoms with Crippen molar-refractivity contribution in [2.24, 2.45) is 0 Å². The molecule has 0 rings (SSSR count). The molecule has 0 fully saturated rings. The number of hydrogen-bond acceptors (Lipinski definition) is 1. The highest BCUT2D eigenvalue weighted by atomic mass is 19.3. The fourth-order valence-electron chi connectivity index (χ4n) is 0.514. The smallest absolute Gasteiger partial charge is 0.293 e. The molecule has 0 aliphatic heterocycles. The van der Waals surface area contributed by atoms with Crippen LogP contribution in [-0.2, 0) is 4.79 Å². The van der Waals surface area contributed by atoms with Crippen molar-refractivity contribution in [2.75, 3.05) is 0 Å². The maximum Gasteiger partial charge on any atom is 0.310 e. The van der Waals surface area contributed by atoms with Crippen molar-refractivity contribution in [1.82, 2.24) is 0 Å². The number of hydrogen-bond donors (Lipinski definition) is 0. The molecular formula is C6H8F4O. The fraction of sp³-hybridized carbons (Fsp3) is 0.833. The Morgan fingerprint density at radius 2 is 1.64 bits per heavy atom. The number of rotatable bonds is 3. The normalized spacial score (nSPS) is 13.3. The van der Waals surface area contributed by atoms with Gasteiger partial charge in [0.2, 0.25) is 0 Å². The summed E-state index contributed by atoms with van der Waals surface area (Å²) in [6.45, 7) is 0.940. The van der Waals surface area contributed by atoms with Crippen LogP contribution in [0.4, 0.5) is 17.6 Å². The summed E-state index contributed by atoms with van der Waals surface area (Å²) < 4.78 is 48.3. The second-order valence-corrected chi connectivity index (χ2v) is 2.51. The van der Waals surface area contributed by atoms with Gasteiger partial charge in [0.05, 0.1) is 6.42 Å². The molecule has 0 aromatic heterocycles.